The Kier molecular flexibility index (Phi) is 9.84. The number of nitrogens with zero attached hydrogens (tertiary/aromatic N) is 1. The lowest BCUT2D eigenvalue weighted by molar-refractivity contribution is -0.150. The smallest absolute Gasteiger partial charge is 0.328 e. The van der Waals surface area contributed by atoms with Crippen LogP contribution in [0.1, 0.15) is 47.6 Å². The minimum atomic E-state index is -1.04. The highest BCUT2D eigenvalue weighted by Crippen LogP contribution is 2.40. The van der Waals surface area contributed by atoms with E-state index >= 15 is 0 Å². The zero-order chi connectivity index (χ0) is 27.8. The maximum absolute atomic E-state index is 13.6. The standard InChI is InChI=1S/C28H29FN2O6S/c1-16-15-21(29)11-12-23(16)38-26(20-9-7-6-8-10-20)18(3)36-28(34)17(2)31-27(33)24-25(37-19(4)32)22(35-5)13-14-30-24/h6-15,17-18,26H,1-5H3,(H,31,33)/t17-,18-,26-/m0/s1. The third-order valence-corrected chi connectivity index (χ3v) is 7.12. The summed E-state index contributed by atoms with van der Waals surface area (Å²) in [6.07, 6.45) is 0.718. The molecule has 1 aromatic heterocycles. The second kappa shape index (κ2) is 13.0. The van der Waals surface area contributed by atoms with Gasteiger partial charge >= 0.3 is 11.9 Å². The van der Waals surface area contributed by atoms with Crippen LogP contribution in [0.4, 0.5) is 4.39 Å². The number of amides is 1. The molecule has 38 heavy (non-hydrogen) atoms. The monoisotopic (exact) mass is 540 g/mol. The Hall–Kier alpha value is -3.92. The molecule has 200 valence electrons. The fourth-order valence-corrected chi connectivity index (χ4v) is 4.83. The van der Waals surface area contributed by atoms with E-state index in [-0.39, 0.29) is 28.3 Å². The molecule has 0 fully saturated rings. The number of thioether (sulfide) groups is 1. The van der Waals surface area contributed by atoms with E-state index in [1.54, 1.807) is 13.0 Å². The second-order valence-electron chi connectivity index (χ2n) is 8.48. The minimum absolute atomic E-state index is 0.142. The number of esters is 2. The van der Waals surface area contributed by atoms with E-state index in [0.717, 1.165) is 16.0 Å². The molecule has 2 aromatic carbocycles. The number of pyridine rings is 1. The van der Waals surface area contributed by atoms with Crippen LogP contribution >= 0.6 is 11.8 Å². The third kappa shape index (κ3) is 7.32. The maximum Gasteiger partial charge on any atom is 0.328 e. The predicted octanol–water partition coefficient (Wildman–Crippen LogP) is 5.05. The van der Waals surface area contributed by atoms with E-state index < -0.39 is 30.0 Å². The van der Waals surface area contributed by atoms with Crippen molar-refractivity contribution in [3.63, 3.8) is 0 Å². The summed E-state index contributed by atoms with van der Waals surface area (Å²) in [6, 6.07) is 14.5. The first-order chi connectivity index (χ1) is 18.1. The van der Waals surface area contributed by atoms with E-state index in [1.807, 2.05) is 37.3 Å². The van der Waals surface area contributed by atoms with Gasteiger partial charge in [0.25, 0.3) is 5.91 Å². The number of carbonyl (C=O) groups is 3. The largest absolute Gasteiger partial charge is 0.493 e. The van der Waals surface area contributed by atoms with Gasteiger partial charge in [-0.1, -0.05) is 30.3 Å². The minimum Gasteiger partial charge on any atom is -0.493 e. The first-order valence-electron chi connectivity index (χ1n) is 11.8. The molecule has 8 nitrogen and oxygen atoms in total. The number of benzene rings is 2. The van der Waals surface area contributed by atoms with E-state index in [0.29, 0.717) is 0 Å². The molecule has 0 aliphatic heterocycles. The molecule has 3 rings (SSSR count). The first-order valence-corrected chi connectivity index (χ1v) is 12.7. The van der Waals surface area contributed by atoms with E-state index in [2.05, 4.69) is 10.3 Å². The van der Waals surface area contributed by atoms with Crippen LogP contribution in [0.25, 0.3) is 0 Å². The van der Waals surface area contributed by atoms with Gasteiger partial charge in [0.2, 0.25) is 5.75 Å². The number of carbonyl (C=O) groups excluding carboxylic acids is 3. The molecule has 0 bridgehead atoms. The fraction of sp³-hybridized carbons (Fsp3) is 0.286. The van der Waals surface area contributed by atoms with Gasteiger partial charge in [-0.25, -0.2) is 14.2 Å². The van der Waals surface area contributed by atoms with Gasteiger partial charge in [-0.05, 0) is 50.1 Å². The summed E-state index contributed by atoms with van der Waals surface area (Å²) in [7, 11) is 1.36. The van der Waals surface area contributed by atoms with Crippen LogP contribution in [0.2, 0.25) is 0 Å². The molecule has 3 aromatic rings. The number of aromatic nitrogens is 1. The summed E-state index contributed by atoms with van der Waals surface area (Å²) < 4.78 is 29.7. The summed E-state index contributed by atoms with van der Waals surface area (Å²) in [5.41, 5.74) is 1.48. The lowest BCUT2D eigenvalue weighted by Crippen LogP contribution is -2.41. The first kappa shape index (κ1) is 28.6. The average molecular weight is 541 g/mol. The van der Waals surface area contributed by atoms with Crippen LogP contribution in [0, 0.1) is 12.7 Å². The highest BCUT2D eigenvalue weighted by molar-refractivity contribution is 7.99. The molecular weight excluding hydrogens is 511 g/mol. The molecule has 0 spiro atoms. The van der Waals surface area contributed by atoms with Gasteiger partial charge < -0.3 is 19.5 Å². The SMILES string of the molecule is COc1ccnc(C(=O)N[C@@H](C)C(=O)O[C@@H](C)[C@H](Sc2ccc(F)cc2C)c2ccccc2)c1OC(C)=O. The molecular formula is C28H29FN2O6S. The van der Waals surface area contributed by atoms with Crippen LogP contribution in [0.15, 0.2) is 65.7 Å². The molecule has 1 amide bonds. The summed E-state index contributed by atoms with van der Waals surface area (Å²) in [5.74, 6) is -2.40. The quantitative estimate of drug-likeness (QED) is 0.282. The van der Waals surface area contributed by atoms with E-state index in [1.165, 1.54) is 57.1 Å². The predicted molar refractivity (Wildman–Crippen MR) is 141 cm³/mol. The highest BCUT2D eigenvalue weighted by atomic mass is 32.2. The molecule has 0 saturated heterocycles. The average Bonchev–Trinajstić information content (AvgIpc) is 2.88. The third-order valence-electron chi connectivity index (χ3n) is 5.50. The van der Waals surface area contributed by atoms with E-state index in [9.17, 15) is 18.8 Å². The number of rotatable bonds is 10. The lowest BCUT2D eigenvalue weighted by atomic mass is 10.1. The molecule has 3 atom stereocenters. The van der Waals surface area contributed by atoms with Crippen molar-refractivity contribution < 1.29 is 33.0 Å². The van der Waals surface area contributed by atoms with Gasteiger partial charge in [-0.2, -0.15) is 0 Å². The van der Waals surface area contributed by atoms with Crippen LogP contribution in [0.3, 0.4) is 0 Å². The van der Waals surface area contributed by atoms with Crippen molar-refractivity contribution in [3.8, 4) is 11.5 Å². The Morgan fingerprint density at radius 1 is 1.05 bits per heavy atom. The van der Waals surface area contributed by atoms with Gasteiger partial charge in [0, 0.05) is 24.1 Å². The van der Waals surface area contributed by atoms with Crippen molar-refractivity contribution in [3.05, 3.63) is 83.4 Å². The summed E-state index contributed by atoms with van der Waals surface area (Å²) in [6.45, 7) is 6.24. The van der Waals surface area contributed by atoms with Crippen molar-refractivity contribution in [1.82, 2.24) is 10.3 Å². The number of methoxy groups -OCH3 is 1. The Morgan fingerprint density at radius 2 is 1.76 bits per heavy atom. The highest BCUT2D eigenvalue weighted by Gasteiger charge is 2.29. The van der Waals surface area contributed by atoms with Crippen molar-refractivity contribution >= 4 is 29.6 Å². The van der Waals surface area contributed by atoms with Crippen molar-refractivity contribution in [1.29, 1.82) is 0 Å². The van der Waals surface area contributed by atoms with Crippen molar-refractivity contribution in [2.24, 2.45) is 0 Å². The Morgan fingerprint density at radius 3 is 2.39 bits per heavy atom. The Bertz CT molecular complexity index is 1300. The number of hydrogen-bond acceptors (Lipinski definition) is 8. The fourth-order valence-electron chi connectivity index (χ4n) is 3.63. The van der Waals surface area contributed by atoms with Gasteiger partial charge in [0.15, 0.2) is 11.4 Å². The number of aryl methyl sites for hydroxylation is 1. The number of ether oxygens (including phenoxy) is 3. The molecule has 0 aliphatic carbocycles. The van der Waals surface area contributed by atoms with Gasteiger partial charge in [0.1, 0.15) is 18.0 Å². The maximum atomic E-state index is 13.6. The Labute approximate surface area is 224 Å². The van der Waals surface area contributed by atoms with Crippen molar-refractivity contribution in [2.45, 2.75) is 50.0 Å². The number of hydrogen-bond donors (Lipinski definition) is 1. The molecule has 0 unspecified atom stereocenters. The molecule has 10 heteroatoms. The van der Waals surface area contributed by atoms with Gasteiger partial charge in [0.05, 0.1) is 12.4 Å². The van der Waals surface area contributed by atoms with Crippen molar-refractivity contribution in [2.75, 3.05) is 7.11 Å². The zero-order valence-electron chi connectivity index (χ0n) is 21.7. The molecule has 0 radical (unpaired) electrons. The van der Waals surface area contributed by atoms with Crippen LogP contribution in [0.5, 0.6) is 11.5 Å². The summed E-state index contributed by atoms with van der Waals surface area (Å²) in [5, 5.41) is 2.24. The Balaban J connectivity index is 1.76. The molecule has 1 N–H and O–H groups in total. The topological polar surface area (TPSA) is 104 Å². The number of nitrogens with one attached hydrogen (secondary N) is 1. The van der Waals surface area contributed by atoms with Crippen LogP contribution in [-0.2, 0) is 14.3 Å². The second-order valence-corrected chi connectivity index (χ2v) is 9.66. The molecule has 0 aliphatic rings. The normalized spacial score (nSPS) is 13.1. The van der Waals surface area contributed by atoms with E-state index in [4.69, 9.17) is 14.2 Å². The van der Waals surface area contributed by atoms with Gasteiger partial charge in [-0.15, -0.1) is 11.8 Å². The number of halogens is 1. The lowest BCUT2D eigenvalue weighted by Gasteiger charge is -2.26. The van der Waals surface area contributed by atoms with Crippen LogP contribution in [-0.4, -0.2) is 42.1 Å². The summed E-state index contributed by atoms with van der Waals surface area (Å²) in [4.78, 5) is 42.3. The van der Waals surface area contributed by atoms with Crippen LogP contribution < -0.4 is 14.8 Å². The van der Waals surface area contributed by atoms with Gasteiger partial charge in [-0.3, -0.25) is 9.59 Å². The summed E-state index contributed by atoms with van der Waals surface area (Å²) >= 11 is 1.46. The zero-order valence-corrected chi connectivity index (χ0v) is 22.5. The molecule has 0 saturated carbocycles. The molecule has 1 heterocycles.